The first-order chi connectivity index (χ1) is 8.91. The molecule has 19 heavy (non-hydrogen) atoms. The summed E-state index contributed by atoms with van der Waals surface area (Å²) in [6.45, 7) is 10.3. The molecule has 0 saturated carbocycles. The first-order valence-corrected chi connectivity index (χ1v) is 7.73. The topological polar surface area (TPSA) is 33.5 Å². The third kappa shape index (κ3) is 5.39. The Morgan fingerprint density at radius 3 is 2.11 bits per heavy atom. The summed E-state index contributed by atoms with van der Waals surface area (Å²) in [5.41, 5.74) is 0.618. The summed E-state index contributed by atoms with van der Waals surface area (Å²) >= 11 is 3.28. The number of nitrogens with zero attached hydrogens (tertiary/aromatic N) is 1. The van der Waals surface area contributed by atoms with Gasteiger partial charge in [-0.3, -0.25) is 4.79 Å². The van der Waals surface area contributed by atoms with Crippen LogP contribution < -0.4 is 0 Å². The minimum atomic E-state index is 0.0573. The number of carbonyl (C=O) groups excluding carboxylic acids is 1. The fourth-order valence-corrected chi connectivity index (χ4v) is 2.17. The lowest BCUT2D eigenvalue weighted by molar-refractivity contribution is 0.0739. The summed E-state index contributed by atoms with van der Waals surface area (Å²) in [5.74, 6) is 1.26. The Morgan fingerprint density at radius 1 is 1.21 bits per heavy atom. The Labute approximate surface area is 124 Å². The molecule has 1 aromatic heterocycles. The van der Waals surface area contributed by atoms with Crippen molar-refractivity contribution in [2.75, 3.05) is 13.1 Å². The van der Waals surface area contributed by atoms with Crippen LogP contribution in [-0.2, 0) is 0 Å². The van der Waals surface area contributed by atoms with Crippen LogP contribution in [-0.4, -0.2) is 23.9 Å². The summed E-state index contributed by atoms with van der Waals surface area (Å²) in [5, 5.41) is 0. The van der Waals surface area contributed by atoms with Gasteiger partial charge in [-0.25, -0.2) is 0 Å². The van der Waals surface area contributed by atoms with Gasteiger partial charge in [-0.15, -0.1) is 0 Å². The molecule has 0 spiro atoms. The van der Waals surface area contributed by atoms with Gasteiger partial charge in [0.1, 0.15) is 0 Å². The van der Waals surface area contributed by atoms with E-state index in [0.29, 0.717) is 22.1 Å². The highest BCUT2D eigenvalue weighted by Gasteiger charge is 2.20. The predicted octanol–water partition coefficient (Wildman–Crippen LogP) is 4.58. The van der Waals surface area contributed by atoms with E-state index in [1.165, 1.54) is 0 Å². The molecule has 3 nitrogen and oxygen atoms in total. The fraction of sp³-hybridized carbons (Fsp3) is 0.667. The third-order valence-corrected chi connectivity index (χ3v) is 3.70. The first kappa shape index (κ1) is 16.3. The number of rotatable bonds is 7. The van der Waals surface area contributed by atoms with Crippen molar-refractivity contribution in [3.8, 4) is 0 Å². The molecule has 1 amide bonds. The summed E-state index contributed by atoms with van der Waals surface area (Å²) in [6.07, 6.45) is 3.60. The Hall–Kier alpha value is -0.770. The van der Waals surface area contributed by atoms with Gasteiger partial charge in [0.15, 0.2) is 4.67 Å². The molecule has 0 N–H and O–H groups in total. The van der Waals surface area contributed by atoms with Gasteiger partial charge in [0, 0.05) is 13.1 Å². The monoisotopic (exact) mass is 329 g/mol. The standard InChI is InChI=1S/C15H24BrNO2/c1-11(2)5-8-17(9-6-12(3)4)15(18)13-7-10-19-14(13)16/h7,10-12H,5-6,8-9H2,1-4H3. The minimum Gasteiger partial charge on any atom is -0.457 e. The van der Waals surface area contributed by atoms with Gasteiger partial charge in [0.05, 0.1) is 11.8 Å². The Bertz CT molecular complexity index is 387. The molecule has 0 aliphatic rings. The SMILES string of the molecule is CC(C)CCN(CCC(C)C)C(=O)c1ccoc1Br. The smallest absolute Gasteiger partial charge is 0.258 e. The lowest BCUT2D eigenvalue weighted by Crippen LogP contribution is -2.34. The van der Waals surface area contributed by atoms with Gasteiger partial charge < -0.3 is 9.32 Å². The molecule has 0 radical (unpaired) electrons. The van der Waals surface area contributed by atoms with Gasteiger partial charge in [0.25, 0.3) is 5.91 Å². The maximum atomic E-state index is 12.5. The molecule has 108 valence electrons. The minimum absolute atomic E-state index is 0.0573. The van der Waals surface area contributed by atoms with Crippen LogP contribution in [0.1, 0.15) is 50.9 Å². The second-order valence-corrected chi connectivity index (χ2v) is 6.49. The van der Waals surface area contributed by atoms with E-state index < -0.39 is 0 Å². The van der Waals surface area contributed by atoms with E-state index in [0.717, 1.165) is 25.9 Å². The number of hydrogen-bond acceptors (Lipinski definition) is 2. The van der Waals surface area contributed by atoms with Crippen molar-refractivity contribution in [3.05, 3.63) is 22.6 Å². The van der Waals surface area contributed by atoms with Crippen molar-refractivity contribution in [2.24, 2.45) is 11.8 Å². The van der Waals surface area contributed by atoms with Crippen LogP contribution in [0.15, 0.2) is 21.4 Å². The van der Waals surface area contributed by atoms with Crippen LogP contribution in [0.25, 0.3) is 0 Å². The summed E-state index contributed by atoms with van der Waals surface area (Å²) < 4.78 is 5.68. The lowest BCUT2D eigenvalue weighted by atomic mass is 10.1. The molecule has 0 bridgehead atoms. The van der Waals surface area contributed by atoms with Crippen LogP contribution >= 0.6 is 15.9 Å². The summed E-state index contributed by atoms with van der Waals surface area (Å²) in [6, 6.07) is 1.73. The highest BCUT2D eigenvalue weighted by atomic mass is 79.9. The van der Waals surface area contributed by atoms with E-state index >= 15 is 0 Å². The Morgan fingerprint density at radius 2 is 1.74 bits per heavy atom. The lowest BCUT2D eigenvalue weighted by Gasteiger charge is -2.24. The number of halogens is 1. The fourth-order valence-electron chi connectivity index (χ4n) is 1.76. The molecule has 0 fully saturated rings. The quantitative estimate of drug-likeness (QED) is 0.733. The number of amides is 1. The highest BCUT2D eigenvalue weighted by molar-refractivity contribution is 9.10. The second-order valence-electron chi connectivity index (χ2n) is 5.77. The van der Waals surface area contributed by atoms with Crippen molar-refractivity contribution in [1.29, 1.82) is 0 Å². The second kappa shape index (κ2) is 7.73. The zero-order valence-corrected chi connectivity index (χ0v) is 13.9. The van der Waals surface area contributed by atoms with E-state index in [-0.39, 0.29) is 5.91 Å². The van der Waals surface area contributed by atoms with Gasteiger partial charge in [-0.2, -0.15) is 0 Å². The molecule has 0 aliphatic carbocycles. The van der Waals surface area contributed by atoms with Gasteiger partial charge in [-0.05, 0) is 46.7 Å². The summed E-state index contributed by atoms with van der Waals surface area (Å²) in [7, 11) is 0. The Kier molecular flexibility index (Phi) is 6.63. The van der Waals surface area contributed by atoms with Gasteiger partial charge in [0.2, 0.25) is 0 Å². The third-order valence-electron chi connectivity index (χ3n) is 3.09. The van der Waals surface area contributed by atoms with E-state index in [2.05, 4.69) is 43.6 Å². The average Bonchev–Trinajstić information content (AvgIpc) is 2.74. The molecule has 1 heterocycles. The molecule has 4 heteroatoms. The van der Waals surface area contributed by atoms with E-state index in [1.807, 2.05) is 4.90 Å². The van der Waals surface area contributed by atoms with Crippen LogP contribution in [0.5, 0.6) is 0 Å². The van der Waals surface area contributed by atoms with Gasteiger partial charge in [-0.1, -0.05) is 27.7 Å². The highest BCUT2D eigenvalue weighted by Crippen LogP contribution is 2.20. The Balaban J connectivity index is 2.71. The van der Waals surface area contributed by atoms with Crippen LogP contribution in [0, 0.1) is 11.8 Å². The normalized spacial score (nSPS) is 11.3. The van der Waals surface area contributed by atoms with Crippen molar-refractivity contribution >= 4 is 21.8 Å². The maximum absolute atomic E-state index is 12.5. The molecule has 0 saturated heterocycles. The molecule has 0 aliphatic heterocycles. The van der Waals surface area contributed by atoms with Crippen molar-refractivity contribution < 1.29 is 9.21 Å². The molecule has 1 rings (SSSR count). The maximum Gasteiger partial charge on any atom is 0.258 e. The largest absolute Gasteiger partial charge is 0.457 e. The molecule has 0 atom stereocenters. The molecule has 0 unspecified atom stereocenters. The predicted molar refractivity (Wildman–Crippen MR) is 81.2 cm³/mol. The van der Waals surface area contributed by atoms with E-state index in [1.54, 1.807) is 12.3 Å². The first-order valence-electron chi connectivity index (χ1n) is 6.94. The van der Waals surface area contributed by atoms with Crippen molar-refractivity contribution in [3.63, 3.8) is 0 Å². The zero-order valence-electron chi connectivity index (χ0n) is 12.3. The zero-order chi connectivity index (χ0) is 14.4. The number of carbonyl (C=O) groups is 1. The van der Waals surface area contributed by atoms with Crippen LogP contribution in [0.3, 0.4) is 0 Å². The number of furan rings is 1. The summed E-state index contributed by atoms with van der Waals surface area (Å²) in [4.78, 5) is 14.4. The molecule has 0 aromatic carbocycles. The van der Waals surface area contributed by atoms with E-state index in [9.17, 15) is 4.79 Å². The van der Waals surface area contributed by atoms with Crippen LogP contribution in [0.4, 0.5) is 0 Å². The van der Waals surface area contributed by atoms with Gasteiger partial charge >= 0.3 is 0 Å². The van der Waals surface area contributed by atoms with Crippen LogP contribution in [0.2, 0.25) is 0 Å². The van der Waals surface area contributed by atoms with Crippen molar-refractivity contribution in [1.82, 2.24) is 4.90 Å². The molecular weight excluding hydrogens is 306 g/mol. The van der Waals surface area contributed by atoms with E-state index in [4.69, 9.17) is 4.42 Å². The average molecular weight is 330 g/mol. The molecule has 1 aromatic rings. The molecular formula is C15H24BrNO2. The number of hydrogen-bond donors (Lipinski definition) is 0. The van der Waals surface area contributed by atoms with Crippen molar-refractivity contribution in [2.45, 2.75) is 40.5 Å².